The maximum absolute atomic E-state index is 12.7. The number of aromatic nitrogens is 1. The molecule has 0 atom stereocenters. The molecule has 7 nitrogen and oxygen atoms in total. The van der Waals surface area contributed by atoms with Gasteiger partial charge in [0, 0.05) is 30.9 Å². The largest absolute Gasteiger partial charge is 0.451 e. The molecule has 0 bridgehead atoms. The van der Waals surface area contributed by atoms with E-state index in [4.69, 9.17) is 4.74 Å². The number of carbonyl (C=O) groups is 3. The Labute approximate surface area is 197 Å². The second-order valence-corrected chi connectivity index (χ2v) is 8.41. The first-order valence-electron chi connectivity index (χ1n) is 9.89. The van der Waals surface area contributed by atoms with E-state index in [-0.39, 0.29) is 10.8 Å². The molecule has 2 aromatic carbocycles. The molecule has 34 heavy (non-hydrogen) atoms. The van der Waals surface area contributed by atoms with Crippen molar-refractivity contribution in [2.24, 2.45) is 0 Å². The van der Waals surface area contributed by atoms with E-state index < -0.39 is 30.2 Å². The molecule has 0 saturated carbocycles. The average Bonchev–Trinajstić information content (AvgIpc) is 3.18. The molecular formula is C23H20F3N3O4S. The van der Waals surface area contributed by atoms with Gasteiger partial charge in [0.15, 0.2) is 6.61 Å². The molecule has 1 heterocycles. The summed E-state index contributed by atoms with van der Waals surface area (Å²) in [6, 6.07) is 10.7. The van der Waals surface area contributed by atoms with Crippen LogP contribution in [0, 0.1) is 6.92 Å². The van der Waals surface area contributed by atoms with Gasteiger partial charge in [0.1, 0.15) is 9.88 Å². The van der Waals surface area contributed by atoms with Gasteiger partial charge in [-0.2, -0.15) is 13.2 Å². The van der Waals surface area contributed by atoms with Crippen LogP contribution in [0.1, 0.15) is 31.3 Å². The number of thiazole rings is 1. The molecule has 11 heteroatoms. The number of carbonyl (C=O) groups excluding carboxylic acids is 3. The molecule has 0 radical (unpaired) electrons. The molecular weight excluding hydrogens is 471 g/mol. The van der Waals surface area contributed by atoms with Crippen LogP contribution in [0.2, 0.25) is 0 Å². The van der Waals surface area contributed by atoms with Crippen LogP contribution in [0.15, 0.2) is 48.5 Å². The lowest BCUT2D eigenvalue weighted by molar-refractivity contribution is -0.137. The molecule has 178 valence electrons. The van der Waals surface area contributed by atoms with E-state index in [1.807, 2.05) is 0 Å². The van der Waals surface area contributed by atoms with Gasteiger partial charge >= 0.3 is 12.1 Å². The maximum Gasteiger partial charge on any atom is 0.416 e. The minimum atomic E-state index is -4.45. The molecule has 1 N–H and O–H groups in total. The van der Waals surface area contributed by atoms with Crippen LogP contribution in [-0.2, 0) is 15.7 Å². The maximum atomic E-state index is 12.7. The van der Waals surface area contributed by atoms with Crippen molar-refractivity contribution >= 4 is 34.8 Å². The molecule has 0 saturated heterocycles. The third kappa shape index (κ3) is 5.98. The van der Waals surface area contributed by atoms with Gasteiger partial charge in [0.2, 0.25) is 0 Å². The van der Waals surface area contributed by atoms with Crippen LogP contribution in [0.4, 0.5) is 18.9 Å². The van der Waals surface area contributed by atoms with Gasteiger partial charge in [-0.05, 0) is 43.3 Å². The number of ether oxygens (including phenoxy) is 1. The van der Waals surface area contributed by atoms with Crippen molar-refractivity contribution in [1.82, 2.24) is 9.88 Å². The Morgan fingerprint density at radius 2 is 1.65 bits per heavy atom. The summed E-state index contributed by atoms with van der Waals surface area (Å²) < 4.78 is 43.3. The molecule has 1 aromatic heterocycles. The zero-order valence-corrected chi connectivity index (χ0v) is 19.2. The predicted octanol–water partition coefficient (Wildman–Crippen LogP) is 4.63. The molecule has 3 rings (SSSR count). The van der Waals surface area contributed by atoms with E-state index in [9.17, 15) is 27.6 Å². The first-order chi connectivity index (χ1) is 16.0. The van der Waals surface area contributed by atoms with E-state index in [1.165, 1.54) is 17.0 Å². The van der Waals surface area contributed by atoms with E-state index in [0.717, 1.165) is 23.5 Å². The second kappa shape index (κ2) is 10.0. The van der Waals surface area contributed by atoms with Gasteiger partial charge in [-0.25, -0.2) is 9.78 Å². The summed E-state index contributed by atoms with van der Waals surface area (Å²) in [5, 5.41) is 2.92. The number of nitrogens with one attached hydrogen (secondary N) is 1. The van der Waals surface area contributed by atoms with Crippen LogP contribution in [-0.4, -0.2) is 48.4 Å². The number of aryl methyl sites for hydroxylation is 1. The topological polar surface area (TPSA) is 88.6 Å². The van der Waals surface area contributed by atoms with Crippen LogP contribution >= 0.6 is 11.3 Å². The lowest BCUT2D eigenvalue weighted by Crippen LogP contribution is -2.22. The second-order valence-electron chi connectivity index (χ2n) is 7.41. The lowest BCUT2D eigenvalue weighted by atomic mass is 10.1. The van der Waals surface area contributed by atoms with Crippen molar-refractivity contribution in [1.29, 1.82) is 0 Å². The fourth-order valence-corrected chi connectivity index (χ4v) is 3.82. The minimum Gasteiger partial charge on any atom is -0.451 e. The number of rotatable bonds is 6. The Balaban J connectivity index is 1.59. The first-order valence-corrected chi connectivity index (χ1v) is 10.7. The Bertz CT molecular complexity index is 1200. The lowest BCUT2D eigenvalue weighted by Gasteiger charge is -2.11. The summed E-state index contributed by atoms with van der Waals surface area (Å²) >= 11 is 0.962. The van der Waals surface area contributed by atoms with Gasteiger partial charge in [0.05, 0.1) is 11.3 Å². The molecule has 0 aliphatic rings. The number of amides is 2. The van der Waals surface area contributed by atoms with Crippen LogP contribution < -0.4 is 5.32 Å². The Morgan fingerprint density at radius 1 is 1.03 bits per heavy atom. The summed E-state index contributed by atoms with van der Waals surface area (Å²) in [5.41, 5.74) is 0.864. The highest BCUT2D eigenvalue weighted by molar-refractivity contribution is 7.17. The number of halogens is 3. The van der Waals surface area contributed by atoms with E-state index in [0.29, 0.717) is 27.5 Å². The standard InChI is InChI=1S/C23H20F3N3O4S/c1-13-19(34-20(27-13)14-4-8-16(9-5-14)23(24,25)26)22(32)33-12-18(30)28-17-10-6-15(7-11-17)21(31)29(2)3/h4-11H,12H2,1-3H3,(H,28,30). The van der Waals surface area contributed by atoms with Crippen LogP contribution in [0.3, 0.4) is 0 Å². The Morgan fingerprint density at radius 3 is 2.21 bits per heavy atom. The van der Waals surface area contributed by atoms with Crippen molar-refractivity contribution in [3.8, 4) is 10.6 Å². The highest BCUT2D eigenvalue weighted by Gasteiger charge is 2.30. The van der Waals surface area contributed by atoms with E-state index >= 15 is 0 Å². The van der Waals surface area contributed by atoms with E-state index in [2.05, 4.69) is 10.3 Å². The van der Waals surface area contributed by atoms with Gasteiger partial charge in [-0.1, -0.05) is 12.1 Å². The quantitative estimate of drug-likeness (QED) is 0.508. The van der Waals surface area contributed by atoms with Crippen LogP contribution in [0.25, 0.3) is 10.6 Å². The van der Waals surface area contributed by atoms with Crippen LogP contribution in [0.5, 0.6) is 0 Å². The van der Waals surface area contributed by atoms with Crippen molar-refractivity contribution in [2.75, 3.05) is 26.0 Å². The van der Waals surface area contributed by atoms with Crippen molar-refractivity contribution < 1.29 is 32.3 Å². The highest BCUT2D eigenvalue weighted by atomic mass is 32.1. The van der Waals surface area contributed by atoms with Gasteiger partial charge in [0.25, 0.3) is 11.8 Å². The zero-order valence-electron chi connectivity index (χ0n) is 18.4. The number of hydrogen-bond acceptors (Lipinski definition) is 6. The zero-order chi connectivity index (χ0) is 25.0. The minimum absolute atomic E-state index is 0.147. The number of esters is 1. The third-order valence-corrected chi connectivity index (χ3v) is 5.78. The van der Waals surface area contributed by atoms with E-state index in [1.54, 1.807) is 45.3 Å². The molecule has 0 unspecified atom stereocenters. The number of benzene rings is 2. The third-order valence-electron chi connectivity index (χ3n) is 4.60. The summed E-state index contributed by atoms with van der Waals surface area (Å²) in [7, 11) is 3.26. The van der Waals surface area contributed by atoms with Gasteiger partial charge in [-0.3, -0.25) is 9.59 Å². The fourth-order valence-electron chi connectivity index (χ4n) is 2.86. The first kappa shape index (κ1) is 24.9. The fraction of sp³-hybridized carbons (Fsp3) is 0.217. The summed E-state index contributed by atoms with van der Waals surface area (Å²) in [5.74, 6) is -1.53. The molecule has 3 aromatic rings. The van der Waals surface area contributed by atoms with Crippen molar-refractivity contribution in [3.63, 3.8) is 0 Å². The smallest absolute Gasteiger partial charge is 0.416 e. The van der Waals surface area contributed by atoms with Crippen molar-refractivity contribution in [3.05, 3.63) is 70.2 Å². The summed E-state index contributed by atoms with van der Waals surface area (Å²) in [6.45, 7) is 1.02. The molecule has 0 fully saturated rings. The monoisotopic (exact) mass is 491 g/mol. The number of nitrogens with zero attached hydrogens (tertiary/aromatic N) is 2. The Kier molecular flexibility index (Phi) is 7.35. The van der Waals surface area contributed by atoms with Gasteiger partial charge in [-0.15, -0.1) is 11.3 Å². The van der Waals surface area contributed by atoms with Crippen molar-refractivity contribution in [2.45, 2.75) is 13.1 Å². The number of anilines is 1. The summed E-state index contributed by atoms with van der Waals surface area (Å²) in [4.78, 5) is 42.2. The SMILES string of the molecule is Cc1nc(-c2ccc(C(F)(F)F)cc2)sc1C(=O)OCC(=O)Nc1ccc(C(=O)N(C)C)cc1. The molecule has 2 amide bonds. The predicted molar refractivity (Wildman–Crippen MR) is 121 cm³/mol. The molecule has 0 aliphatic heterocycles. The molecule has 0 aliphatic carbocycles. The normalized spacial score (nSPS) is 11.1. The average molecular weight is 491 g/mol. The van der Waals surface area contributed by atoms with Gasteiger partial charge < -0.3 is 15.0 Å². The summed E-state index contributed by atoms with van der Waals surface area (Å²) in [6.07, 6.45) is -4.45. The number of alkyl halides is 3. The molecule has 0 spiro atoms. The highest BCUT2D eigenvalue weighted by Crippen LogP contribution is 2.33. The Hall–Kier alpha value is -3.73. The number of hydrogen-bond donors (Lipinski definition) is 1.